The van der Waals surface area contributed by atoms with Crippen molar-refractivity contribution < 1.29 is 14.3 Å². The average Bonchev–Trinajstić information content (AvgIpc) is 2.52. The van der Waals surface area contributed by atoms with Crippen LogP contribution >= 0.6 is 46.4 Å². The number of anilines is 1. The maximum absolute atomic E-state index is 12.1. The van der Waals surface area contributed by atoms with Gasteiger partial charge in [-0.05, 0) is 42.8 Å². The molecule has 0 fully saturated rings. The Morgan fingerprint density at radius 2 is 1.71 bits per heavy atom. The van der Waals surface area contributed by atoms with Crippen LogP contribution in [-0.2, 0) is 9.53 Å². The number of halogens is 4. The van der Waals surface area contributed by atoms with Crippen LogP contribution in [0.2, 0.25) is 20.1 Å². The largest absolute Gasteiger partial charge is 0.452 e. The van der Waals surface area contributed by atoms with Gasteiger partial charge in [0.05, 0.1) is 20.6 Å². The molecule has 0 heterocycles. The number of esters is 1. The first kappa shape index (κ1) is 18.9. The van der Waals surface area contributed by atoms with Gasteiger partial charge in [0.2, 0.25) is 0 Å². The maximum atomic E-state index is 12.1. The van der Waals surface area contributed by atoms with Gasteiger partial charge in [0.1, 0.15) is 0 Å². The molecule has 8 heteroatoms. The van der Waals surface area contributed by atoms with Gasteiger partial charge in [-0.2, -0.15) is 0 Å². The maximum Gasteiger partial charge on any atom is 0.341 e. The third-order valence-corrected chi connectivity index (χ3v) is 4.40. The highest BCUT2D eigenvalue weighted by atomic mass is 35.5. The van der Waals surface area contributed by atoms with Crippen LogP contribution in [0.15, 0.2) is 30.3 Å². The number of aryl methyl sites for hydroxylation is 1. The summed E-state index contributed by atoms with van der Waals surface area (Å²) in [7, 11) is 0. The Kier molecular flexibility index (Phi) is 6.35. The molecule has 1 N–H and O–H groups in total. The molecule has 126 valence electrons. The summed E-state index contributed by atoms with van der Waals surface area (Å²) in [4.78, 5) is 24.0. The zero-order chi connectivity index (χ0) is 17.9. The molecule has 0 aromatic heterocycles. The number of carbonyl (C=O) groups is 2. The molecule has 24 heavy (non-hydrogen) atoms. The topological polar surface area (TPSA) is 55.4 Å². The van der Waals surface area contributed by atoms with Crippen molar-refractivity contribution in [2.45, 2.75) is 6.92 Å². The fourth-order valence-corrected chi connectivity index (χ4v) is 2.78. The van der Waals surface area contributed by atoms with Gasteiger partial charge in [-0.1, -0.05) is 46.4 Å². The fraction of sp³-hybridized carbons (Fsp3) is 0.125. The summed E-state index contributed by atoms with van der Waals surface area (Å²) >= 11 is 23.6. The number of rotatable bonds is 4. The molecule has 0 aliphatic carbocycles. The van der Waals surface area contributed by atoms with Crippen molar-refractivity contribution in [3.05, 3.63) is 61.5 Å². The lowest BCUT2D eigenvalue weighted by atomic mass is 10.2. The standard InChI is InChI=1S/C16H11Cl4NO3/c1-8-6-9(17)2-5-12(8)21-13(22)7-24-16(23)14-10(18)3-4-11(19)15(14)20/h2-6H,7H2,1H3,(H,21,22). The average molecular weight is 407 g/mol. The van der Waals surface area contributed by atoms with E-state index in [2.05, 4.69) is 5.32 Å². The Balaban J connectivity index is 2.02. The van der Waals surface area contributed by atoms with E-state index in [1.807, 2.05) is 0 Å². The van der Waals surface area contributed by atoms with Gasteiger partial charge in [-0.25, -0.2) is 4.79 Å². The van der Waals surface area contributed by atoms with Crippen molar-refractivity contribution in [1.82, 2.24) is 0 Å². The van der Waals surface area contributed by atoms with Gasteiger partial charge in [0.25, 0.3) is 5.91 Å². The van der Waals surface area contributed by atoms with Crippen LogP contribution in [-0.4, -0.2) is 18.5 Å². The summed E-state index contributed by atoms with van der Waals surface area (Å²) < 4.78 is 4.94. The summed E-state index contributed by atoms with van der Waals surface area (Å²) in [5, 5.41) is 3.40. The van der Waals surface area contributed by atoms with E-state index in [-0.39, 0.29) is 20.6 Å². The summed E-state index contributed by atoms with van der Waals surface area (Å²) in [6.45, 7) is 1.29. The van der Waals surface area contributed by atoms with Gasteiger partial charge >= 0.3 is 5.97 Å². The molecule has 0 saturated carbocycles. The van der Waals surface area contributed by atoms with Crippen LogP contribution in [0.5, 0.6) is 0 Å². The lowest BCUT2D eigenvalue weighted by Gasteiger charge is -2.10. The number of hydrogen-bond acceptors (Lipinski definition) is 3. The molecular formula is C16H11Cl4NO3. The van der Waals surface area contributed by atoms with E-state index in [1.54, 1.807) is 25.1 Å². The molecule has 2 aromatic rings. The molecule has 1 amide bonds. The smallest absolute Gasteiger partial charge is 0.341 e. The van der Waals surface area contributed by atoms with E-state index in [9.17, 15) is 9.59 Å². The first-order valence-corrected chi connectivity index (χ1v) is 8.17. The molecule has 0 aliphatic rings. The van der Waals surface area contributed by atoms with Crippen LogP contribution in [0, 0.1) is 6.92 Å². The first-order valence-electron chi connectivity index (χ1n) is 6.66. The Labute approximate surface area is 158 Å². The first-order chi connectivity index (χ1) is 11.3. The highest BCUT2D eigenvalue weighted by Crippen LogP contribution is 2.31. The van der Waals surface area contributed by atoms with Gasteiger partial charge in [0, 0.05) is 10.7 Å². The van der Waals surface area contributed by atoms with Gasteiger partial charge in [-0.15, -0.1) is 0 Å². The van der Waals surface area contributed by atoms with E-state index in [0.29, 0.717) is 10.7 Å². The molecule has 0 atom stereocenters. The minimum atomic E-state index is -0.838. The predicted octanol–water partition coefficient (Wildman–Crippen LogP) is 5.40. The minimum absolute atomic E-state index is 0.0249. The summed E-state index contributed by atoms with van der Waals surface area (Å²) in [6, 6.07) is 7.88. The molecule has 0 unspecified atom stereocenters. The molecule has 2 aromatic carbocycles. The van der Waals surface area contributed by atoms with Gasteiger partial charge in [0.15, 0.2) is 6.61 Å². The second-order valence-corrected chi connectivity index (χ2v) is 6.43. The molecule has 4 nitrogen and oxygen atoms in total. The lowest BCUT2D eigenvalue weighted by Crippen LogP contribution is -2.21. The third kappa shape index (κ3) is 4.54. The quantitative estimate of drug-likeness (QED) is 0.545. The number of carbonyl (C=O) groups excluding carboxylic acids is 2. The van der Waals surface area contributed by atoms with Crippen molar-refractivity contribution in [3.63, 3.8) is 0 Å². The highest BCUT2D eigenvalue weighted by molar-refractivity contribution is 6.46. The molecule has 2 rings (SSSR count). The number of amides is 1. The van der Waals surface area contributed by atoms with Crippen molar-refractivity contribution in [3.8, 4) is 0 Å². The van der Waals surface area contributed by atoms with Crippen molar-refractivity contribution in [2.75, 3.05) is 11.9 Å². The van der Waals surface area contributed by atoms with E-state index < -0.39 is 18.5 Å². The molecule has 0 bridgehead atoms. The minimum Gasteiger partial charge on any atom is -0.452 e. The second kappa shape index (κ2) is 8.08. The number of benzene rings is 2. The van der Waals surface area contributed by atoms with Gasteiger partial charge in [-0.3, -0.25) is 4.79 Å². The Hall–Kier alpha value is -1.46. The van der Waals surface area contributed by atoms with Crippen LogP contribution in [0.1, 0.15) is 15.9 Å². The lowest BCUT2D eigenvalue weighted by molar-refractivity contribution is -0.119. The highest BCUT2D eigenvalue weighted by Gasteiger charge is 2.19. The van der Waals surface area contributed by atoms with E-state index in [0.717, 1.165) is 5.56 Å². The SMILES string of the molecule is Cc1cc(Cl)ccc1NC(=O)COC(=O)c1c(Cl)ccc(Cl)c1Cl. The molecule has 0 saturated heterocycles. The Morgan fingerprint density at radius 1 is 1.04 bits per heavy atom. The van der Waals surface area contributed by atoms with Crippen molar-refractivity contribution >= 4 is 64.0 Å². The number of hydrogen-bond donors (Lipinski definition) is 1. The molecule has 0 aliphatic heterocycles. The molecule has 0 spiro atoms. The summed E-state index contributed by atoms with van der Waals surface area (Å²) in [5.41, 5.74) is 1.27. The third-order valence-electron chi connectivity index (χ3n) is 3.05. The van der Waals surface area contributed by atoms with E-state index in [4.69, 9.17) is 51.1 Å². The fourth-order valence-electron chi connectivity index (χ4n) is 1.87. The van der Waals surface area contributed by atoms with Gasteiger partial charge < -0.3 is 10.1 Å². The normalized spacial score (nSPS) is 10.4. The van der Waals surface area contributed by atoms with E-state index in [1.165, 1.54) is 12.1 Å². The Morgan fingerprint density at radius 3 is 2.38 bits per heavy atom. The van der Waals surface area contributed by atoms with Crippen LogP contribution < -0.4 is 5.32 Å². The summed E-state index contributed by atoms with van der Waals surface area (Å²) in [6.07, 6.45) is 0. The van der Waals surface area contributed by atoms with Crippen molar-refractivity contribution in [2.24, 2.45) is 0 Å². The van der Waals surface area contributed by atoms with E-state index >= 15 is 0 Å². The zero-order valence-corrected chi connectivity index (χ0v) is 15.4. The van der Waals surface area contributed by atoms with Crippen LogP contribution in [0.4, 0.5) is 5.69 Å². The number of nitrogens with one attached hydrogen (secondary N) is 1. The Bertz CT molecular complexity index is 808. The molecule has 0 radical (unpaired) electrons. The number of ether oxygens (including phenoxy) is 1. The van der Waals surface area contributed by atoms with Crippen LogP contribution in [0.25, 0.3) is 0 Å². The molecular weight excluding hydrogens is 396 g/mol. The summed E-state index contributed by atoms with van der Waals surface area (Å²) in [5.74, 6) is -1.35. The van der Waals surface area contributed by atoms with Crippen molar-refractivity contribution in [1.29, 1.82) is 0 Å². The zero-order valence-electron chi connectivity index (χ0n) is 12.3. The monoisotopic (exact) mass is 405 g/mol. The van der Waals surface area contributed by atoms with Crippen LogP contribution in [0.3, 0.4) is 0 Å². The second-order valence-electron chi connectivity index (χ2n) is 4.80. The predicted molar refractivity (Wildman–Crippen MR) is 96.6 cm³/mol.